The first-order chi connectivity index (χ1) is 11.7. The van der Waals surface area contributed by atoms with Crippen LogP contribution in [0.1, 0.15) is 57.4 Å². The first kappa shape index (κ1) is 19.0. The van der Waals surface area contributed by atoms with Gasteiger partial charge in [0.25, 0.3) is 5.91 Å². The Morgan fingerprint density at radius 2 is 1.75 bits per heavy atom. The third kappa shape index (κ3) is 6.65. The topological polar surface area (TPSA) is 38.3 Å². The summed E-state index contributed by atoms with van der Waals surface area (Å²) in [7, 11) is 0. The molecule has 0 radical (unpaired) electrons. The number of hydrogen-bond acceptors (Lipinski definition) is 4. The monoisotopic (exact) mass is 363 g/mol. The lowest BCUT2D eigenvalue weighted by Crippen LogP contribution is -2.17. The van der Waals surface area contributed by atoms with E-state index in [-0.39, 0.29) is 5.91 Å². The number of thiocarbonyl (C=S) groups is 1. The smallest absolute Gasteiger partial charge is 0.263 e. The van der Waals surface area contributed by atoms with E-state index in [0.29, 0.717) is 9.23 Å². The van der Waals surface area contributed by atoms with Crippen molar-refractivity contribution in [2.45, 2.75) is 51.9 Å². The van der Waals surface area contributed by atoms with Gasteiger partial charge < -0.3 is 10.1 Å². The van der Waals surface area contributed by atoms with Gasteiger partial charge in [0.15, 0.2) is 0 Å². The fourth-order valence-corrected chi connectivity index (χ4v) is 3.53. The van der Waals surface area contributed by atoms with Crippen molar-refractivity contribution in [3.8, 4) is 5.75 Å². The molecule has 0 unspecified atom stereocenters. The van der Waals surface area contributed by atoms with Crippen LogP contribution in [0.15, 0.2) is 29.2 Å². The Balaban J connectivity index is 1.68. The zero-order chi connectivity index (χ0) is 17.2. The Labute approximate surface area is 154 Å². The molecule has 0 atom stereocenters. The highest BCUT2D eigenvalue weighted by atomic mass is 32.2. The summed E-state index contributed by atoms with van der Waals surface area (Å²) in [6.07, 6.45) is 10.8. The van der Waals surface area contributed by atoms with Gasteiger partial charge in [-0.15, -0.1) is 0 Å². The molecule has 1 aromatic carbocycles. The zero-order valence-corrected chi connectivity index (χ0v) is 15.8. The summed E-state index contributed by atoms with van der Waals surface area (Å²) in [5.74, 6) is 0.756. The predicted octanol–water partition coefficient (Wildman–Crippen LogP) is 5.30. The number of ether oxygens (including phenoxy) is 1. The third-order valence-corrected chi connectivity index (χ3v) is 5.00. The van der Waals surface area contributed by atoms with Gasteiger partial charge in [0, 0.05) is 0 Å². The molecule has 24 heavy (non-hydrogen) atoms. The highest BCUT2D eigenvalue weighted by molar-refractivity contribution is 8.26. The van der Waals surface area contributed by atoms with Crippen molar-refractivity contribution >= 4 is 40.3 Å². The number of benzene rings is 1. The van der Waals surface area contributed by atoms with Crippen molar-refractivity contribution in [2.24, 2.45) is 0 Å². The van der Waals surface area contributed by atoms with Crippen molar-refractivity contribution in [1.82, 2.24) is 5.32 Å². The van der Waals surface area contributed by atoms with E-state index in [4.69, 9.17) is 17.0 Å². The van der Waals surface area contributed by atoms with Crippen LogP contribution in [0.25, 0.3) is 6.08 Å². The van der Waals surface area contributed by atoms with Gasteiger partial charge in [0.2, 0.25) is 0 Å². The van der Waals surface area contributed by atoms with Crippen LogP contribution in [0, 0.1) is 0 Å². The summed E-state index contributed by atoms with van der Waals surface area (Å²) in [5, 5.41) is 2.62. The normalized spacial score (nSPS) is 15.8. The summed E-state index contributed by atoms with van der Waals surface area (Å²) >= 11 is 6.28. The summed E-state index contributed by atoms with van der Waals surface area (Å²) in [6, 6.07) is 7.82. The molecule has 0 aliphatic carbocycles. The second-order valence-electron chi connectivity index (χ2n) is 5.89. The van der Waals surface area contributed by atoms with Crippen LogP contribution in [0.2, 0.25) is 0 Å². The van der Waals surface area contributed by atoms with E-state index in [1.54, 1.807) is 0 Å². The van der Waals surface area contributed by atoms with Crippen LogP contribution < -0.4 is 10.1 Å². The molecule has 130 valence electrons. The molecule has 1 aliphatic heterocycles. The average Bonchev–Trinajstić information content (AvgIpc) is 2.89. The maximum absolute atomic E-state index is 11.6. The van der Waals surface area contributed by atoms with Crippen LogP contribution in [0.5, 0.6) is 5.75 Å². The molecular weight excluding hydrogens is 338 g/mol. The lowest BCUT2D eigenvalue weighted by atomic mass is 10.1. The van der Waals surface area contributed by atoms with Crippen LogP contribution in [-0.4, -0.2) is 16.8 Å². The van der Waals surface area contributed by atoms with Gasteiger partial charge in [-0.1, -0.05) is 81.6 Å². The van der Waals surface area contributed by atoms with Gasteiger partial charge in [0.1, 0.15) is 10.1 Å². The van der Waals surface area contributed by atoms with Gasteiger partial charge in [-0.25, -0.2) is 0 Å². The maximum atomic E-state index is 11.6. The zero-order valence-electron chi connectivity index (χ0n) is 14.2. The minimum atomic E-state index is -0.121. The average molecular weight is 364 g/mol. The van der Waals surface area contributed by atoms with E-state index < -0.39 is 0 Å². The lowest BCUT2D eigenvalue weighted by molar-refractivity contribution is -0.115. The van der Waals surface area contributed by atoms with Crippen LogP contribution >= 0.6 is 24.0 Å². The Kier molecular flexibility index (Phi) is 8.33. The molecule has 1 aromatic rings. The lowest BCUT2D eigenvalue weighted by Gasteiger charge is -2.06. The minimum Gasteiger partial charge on any atom is -0.494 e. The molecule has 1 fully saturated rings. The predicted molar refractivity (Wildman–Crippen MR) is 106 cm³/mol. The number of hydrogen-bond donors (Lipinski definition) is 1. The molecule has 1 amide bonds. The van der Waals surface area contributed by atoms with Crippen molar-refractivity contribution in [3.05, 3.63) is 34.7 Å². The molecule has 0 spiro atoms. The number of nitrogens with one attached hydrogen (secondary N) is 1. The maximum Gasteiger partial charge on any atom is 0.263 e. The SMILES string of the molecule is CCCCCCCCCOc1ccc(C=C2SC(=S)NC2=O)cc1. The Bertz CT molecular complexity index is 582. The molecule has 0 aromatic heterocycles. The van der Waals surface area contributed by atoms with Crippen LogP contribution in [0.4, 0.5) is 0 Å². The minimum absolute atomic E-state index is 0.121. The summed E-state index contributed by atoms with van der Waals surface area (Å²) in [5.41, 5.74) is 0.973. The van der Waals surface area contributed by atoms with Crippen LogP contribution in [0.3, 0.4) is 0 Å². The number of rotatable bonds is 10. The highest BCUT2D eigenvalue weighted by Gasteiger charge is 2.21. The van der Waals surface area contributed by atoms with Gasteiger partial charge in [-0.05, 0) is 30.2 Å². The number of amides is 1. The third-order valence-electron chi connectivity index (χ3n) is 3.84. The summed E-state index contributed by atoms with van der Waals surface area (Å²) < 4.78 is 6.29. The van der Waals surface area contributed by atoms with E-state index in [1.165, 1.54) is 50.3 Å². The highest BCUT2D eigenvalue weighted by Crippen LogP contribution is 2.26. The fourth-order valence-electron chi connectivity index (χ4n) is 2.48. The van der Waals surface area contributed by atoms with E-state index >= 15 is 0 Å². The first-order valence-corrected chi connectivity index (χ1v) is 9.89. The Morgan fingerprint density at radius 1 is 1.08 bits per heavy atom. The Morgan fingerprint density at radius 3 is 2.38 bits per heavy atom. The van der Waals surface area contributed by atoms with Crippen molar-refractivity contribution in [2.75, 3.05) is 6.61 Å². The molecule has 1 aliphatic rings. The largest absolute Gasteiger partial charge is 0.494 e. The number of unbranched alkanes of at least 4 members (excludes halogenated alkanes) is 6. The molecule has 3 nitrogen and oxygen atoms in total. The van der Waals surface area contributed by atoms with E-state index in [1.807, 2.05) is 30.3 Å². The standard InChI is InChI=1S/C19H25NO2S2/c1-2-3-4-5-6-7-8-13-22-16-11-9-15(10-12-16)14-17-18(21)20-19(23)24-17/h9-12,14H,2-8,13H2,1H3,(H,20,21,23). The second kappa shape index (κ2) is 10.5. The van der Waals surface area contributed by atoms with E-state index in [0.717, 1.165) is 24.3 Å². The van der Waals surface area contributed by atoms with E-state index in [9.17, 15) is 4.79 Å². The van der Waals surface area contributed by atoms with Crippen LogP contribution in [-0.2, 0) is 4.79 Å². The van der Waals surface area contributed by atoms with Crippen molar-refractivity contribution in [3.63, 3.8) is 0 Å². The molecule has 0 saturated carbocycles. The summed E-state index contributed by atoms with van der Waals surface area (Å²) in [4.78, 5) is 12.3. The fraction of sp³-hybridized carbons (Fsp3) is 0.474. The first-order valence-electron chi connectivity index (χ1n) is 8.67. The number of carbonyl (C=O) groups is 1. The molecule has 5 heteroatoms. The van der Waals surface area contributed by atoms with Crippen molar-refractivity contribution < 1.29 is 9.53 Å². The van der Waals surface area contributed by atoms with Gasteiger partial charge in [0.05, 0.1) is 11.5 Å². The quantitative estimate of drug-likeness (QED) is 0.347. The number of thioether (sulfide) groups is 1. The molecular formula is C19H25NO2S2. The van der Waals surface area contributed by atoms with Gasteiger partial charge in [-0.2, -0.15) is 0 Å². The molecule has 1 saturated heterocycles. The second-order valence-corrected chi connectivity index (χ2v) is 7.61. The van der Waals surface area contributed by atoms with Gasteiger partial charge >= 0.3 is 0 Å². The Hall–Kier alpha value is -1.33. The number of carbonyl (C=O) groups excluding carboxylic acids is 1. The summed E-state index contributed by atoms with van der Waals surface area (Å²) in [6.45, 7) is 3.01. The van der Waals surface area contributed by atoms with Gasteiger partial charge in [-0.3, -0.25) is 4.79 Å². The van der Waals surface area contributed by atoms with E-state index in [2.05, 4.69) is 12.2 Å². The molecule has 2 rings (SSSR count). The molecule has 0 bridgehead atoms. The molecule has 1 heterocycles. The molecule has 1 N–H and O–H groups in total. The van der Waals surface area contributed by atoms with Crippen molar-refractivity contribution in [1.29, 1.82) is 0 Å².